The summed E-state index contributed by atoms with van der Waals surface area (Å²) in [6.07, 6.45) is 7.52. The Labute approximate surface area is 152 Å². The van der Waals surface area contributed by atoms with Crippen molar-refractivity contribution in [3.05, 3.63) is 64.3 Å². The fourth-order valence-corrected chi connectivity index (χ4v) is 4.24. The van der Waals surface area contributed by atoms with E-state index in [9.17, 15) is 9.59 Å². The predicted octanol–water partition coefficient (Wildman–Crippen LogP) is 1.75. The van der Waals surface area contributed by atoms with Crippen LogP contribution in [0.5, 0.6) is 0 Å². The molecule has 0 aromatic carbocycles. The van der Waals surface area contributed by atoms with Crippen LogP contribution in [0, 0.1) is 11.8 Å². The topological polar surface area (TPSA) is 69.3 Å². The summed E-state index contributed by atoms with van der Waals surface area (Å²) in [5, 5.41) is 0. The minimum Gasteiger partial charge on any atom is -0.338 e. The quantitative estimate of drug-likeness (QED) is 0.914. The van der Waals surface area contributed by atoms with Crippen molar-refractivity contribution in [1.82, 2.24) is 19.8 Å². The average Bonchev–Trinajstić information content (AvgIpc) is 2.98. The predicted molar refractivity (Wildman–Crippen MR) is 98.7 cm³/mol. The minimum absolute atomic E-state index is 0.0172. The molecule has 2 atom stereocenters. The summed E-state index contributed by atoms with van der Waals surface area (Å²) in [7, 11) is 0. The number of carbonyl (C=O) groups is 1. The average molecular weight is 352 g/mol. The molecule has 2 saturated heterocycles. The molecule has 0 unspecified atom stereocenters. The zero-order valence-corrected chi connectivity index (χ0v) is 14.8. The standard InChI is InChI=1S/C20H24N4O2/c25-19-10-16(3-7-22-19)20(26)24-13-17-4-8-23(9-5-18(17)14-24)12-15-2-1-6-21-11-15/h1-3,6-7,10-11,17-18H,4-5,8-9,12-14H2,(H,22,25)/t17-,18+. The number of pyridine rings is 2. The van der Waals surface area contributed by atoms with E-state index in [1.165, 1.54) is 11.6 Å². The Morgan fingerprint density at radius 1 is 1.19 bits per heavy atom. The van der Waals surface area contributed by atoms with Gasteiger partial charge in [0.2, 0.25) is 5.56 Å². The van der Waals surface area contributed by atoms with Crippen LogP contribution in [0.2, 0.25) is 0 Å². The van der Waals surface area contributed by atoms with Gasteiger partial charge in [0, 0.05) is 49.9 Å². The monoisotopic (exact) mass is 352 g/mol. The van der Waals surface area contributed by atoms with Gasteiger partial charge in [0.15, 0.2) is 0 Å². The first-order chi connectivity index (χ1) is 12.7. The number of nitrogens with zero attached hydrogens (tertiary/aromatic N) is 3. The summed E-state index contributed by atoms with van der Waals surface area (Å²) in [4.78, 5) is 35.3. The van der Waals surface area contributed by atoms with Crippen LogP contribution < -0.4 is 5.56 Å². The van der Waals surface area contributed by atoms with Crippen molar-refractivity contribution in [2.45, 2.75) is 19.4 Å². The number of aromatic nitrogens is 2. The molecule has 26 heavy (non-hydrogen) atoms. The van der Waals surface area contributed by atoms with Gasteiger partial charge in [-0.15, -0.1) is 0 Å². The molecule has 0 bridgehead atoms. The van der Waals surface area contributed by atoms with Gasteiger partial charge in [-0.2, -0.15) is 0 Å². The molecular weight excluding hydrogens is 328 g/mol. The summed E-state index contributed by atoms with van der Waals surface area (Å²) in [6.45, 7) is 4.67. The number of hydrogen-bond acceptors (Lipinski definition) is 4. The second-order valence-corrected chi connectivity index (χ2v) is 7.39. The maximum absolute atomic E-state index is 12.7. The maximum atomic E-state index is 12.7. The third kappa shape index (κ3) is 3.70. The first-order valence-electron chi connectivity index (χ1n) is 9.28. The van der Waals surface area contributed by atoms with Crippen LogP contribution in [0.4, 0.5) is 0 Å². The number of nitrogens with one attached hydrogen (secondary N) is 1. The lowest BCUT2D eigenvalue weighted by molar-refractivity contribution is 0.0779. The number of H-pyrrole nitrogens is 1. The molecule has 0 spiro atoms. The van der Waals surface area contributed by atoms with E-state index in [2.05, 4.69) is 20.9 Å². The molecule has 1 N–H and O–H groups in total. The van der Waals surface area contributed by atoms with Gasteiger partial charge in [-0.1, -0.05) is 6.07 Å². The molecule has 4 rings (SSSR count). The molecule has 0 radical (unpaired) electrons. The number of rotatable bonds is 3. The molecule has 2 aromatic rings. The van der Waals surface area contributed by atoms with Crippen molar-refractivity contribution in [3.63, 3.8) is 0 Å². The zero-order valence-electron chi connectivity index (χ0n) is 14.8. The molecule has 6 nitrogen and oxygen atoms in total. The third-order valence-electron chi connectivity index (χ3n) is 5.65. The second kappa shape index (κ2) is 7.41. The molecule has 0 saturated carbocycles. The van der Waals surface area contributed by atoms with E-state index in [-0.39, 0.29) is 11.5 Å². The largest absolute Gasteiger partial charge is 0.338 e. The van der Waals surface area contributed by atoms with E-state index in [0.29, 0.717) is 17.4 Å². The van der Waals surface area contributed by atoms with E-state index in [1.807, 2.05) is 23.4 Å². The van der Waals surface area contributed by atoms with Crippen LogP contribution in [0.1, 0.15) is 28.8 Å². The number of hydrogen-bond donors (Lipinski definition) is 1. The lowest BCUT2D eigenvalue weighted by atomic mass is 9.92. The van der Waals surface area contributed by atoms with E-state index in [4.69, 9.17) is 0 Å². The second-order valence-electron chi connectivity index (χ2n) is 7.39. The molecule has 1 amide bonds. The van der Waals surface area contributed by atoms with E-state index in [1.54, 1.807) is 12.3 Å². The molecule has 6 heteroatoms. The number of fused-ring (bicyclic) bond motifs is 1. The van der Waals surface area contributed by atoms with Crippen molar-refractivity contribution in [1.29, 1.82) is 0 Å². The first-order valence-corrected chi connectivity index (χ1v) is 9.28. The Balaban J connectivity index is 1.36. The van der Waals surface area contributed by atoms with Gasteiger partial charge in [0.25, 0.3) is 5.91 Å². The SMILES string of the molecule is O=C(c1cc[nH]c(=O)c1)N1C[C@H]2CCN(Cc3cccnc3)CC[C@H]2C1. The van der Waals surface area contributed by atoms with Gasteiger partial charge in [0.05, 0.1) is 0 Å². The summed E-state index contributed by atoms with van der Waals surface area (Å²) >= 11 is 0. The molecule has 2 aliphatic rings. The van der Waals surface area contributed by atoms with Gasteiger partial charge in [0.1, 0.15) is 0 Å². The summed E-state index contributed by atoms with van der Waals surface area (Å²) < 4.78 is 0. The van der Waals surface area contributed by atoms with E-state index >= 15 is 0 Å². The Bertz CT molecular complexity index is 804. The van der Waals surface area contributed by atoms with Crippen LogP contribution in [0.25, 0.3) is 0 Å². The van der Waals surface area contributed by atoms with Gasteiger partial charge in [-0.25, -0.2) is 0 Å². The van der Waals surface area contributed by atoms with Crippen molar-refractivity contribution < 1.29 is 4.79 Å². The van der Waals surface area contributed by atoms with Gasteiger partial charge >= 0.3 is 0 Å². The van der Waals surface area contributed by atoms with Gasteiger partial charge in [-0.3, -0.25) is 19.5 Å². The molecular formula is C20H24N4O2. The zero-order chi connectivity index (χ0) is 17.9. The minimum atomic E-state index is -0.227. The van der Waals surface area contributed by atoms with Crippen LogP contribution in [0.3, 0.4) is 0 Å². The highest BCUT2D eigenvalue weighted by Gasteiger charge is 2.37. The lowest BCUT2D eigenvalue weighted by Gasteiger charge is -2.22. The fraction of sp³-hybridized carbons (Fsp3) is 0.450. The van der Waals surface area contributed by atoms with Crippen LogP contribution in [-0.4, -0.2) is 51.9 Å². The summed E-state index contributed by atoms with van der Waals surface area (Å²) in [5.41, 5.74) is 1.52. The molecule has 136 valence electrons. The first kappa shape index (κ1) is 17.0. The van der Waals surface area contributed by atoms with E-state index < -0.39 is 0 Å². The smallest absolute Gasteiger partial charge is 0.254 e. The molecule has 0 aliphatic carbocycles. The van der Waals surface area contributed by atoms with Gasteiger partial charge in [-0.05, 0) is 55.5 Å². The Hall–Kier alpha value is -2.47. The highest BCUT2D eigenvalue weighted by Crippen LogP contribution is 2.32. The number of amides is 1. The summed E-state index contributed by atoms with van der Waals surface area (Å²) in [6, 6.07) is 7.19. The highest BCUT2D eigenvalue weighted by atomic mass is 16.2. The lowest BCUT2D eigenvalue weighted by Crippen LogP contribution is -2.31. The fourth-order valence-electron chi connectivity index (χ4n) is 4.24. The van der Waals surface area contributed by atoms with Crippen LogP contribution >= 0.6 is 0 Å². The van der Waals surface area contributed by atoms with Crippen LogP contribution in [-0.2, 0) is 6.54 Å². The third-order valence-corrected chi connectivity index (χ3v) is 5.65. The Kier molecular flexibility index (Phi) is 4.84. The Morgan fingerprint density at radius 3 is 2.62 bits per heavy atom. The van der Waals surface area contributed by atoms with Crippen LogP contribution in [0.15, 0.2) is 47.7 Å². The molecule has 2 aliphatic heterocycles. The highest BCUT2D eigenvalue weighted by molar-refractivity contribution is 5.94. The maximum Gasteiger partial charge on any atom is 0.254 e. The van der Waals surface area contributed by atoms with Crippen molar-refractivity contribution in [2.24, 2.45) is 11.8 Å². The van der Waals surface area contributed by atoms with Crippen molar-refractivity contribution in [2.75, 3.05) is 26.2 Å². The Morgan fingerprint density at radius 2 is 1.96 bits per heavy atom. The van der Waals surface area contributed by atoms with Crippen molar-refractivity contribution >= 4 is 5.91 Å². The van der Waals surface area contributed by atoms with Gasteiger partial charge < -0.3 is 9.88 Å². The molecule has 2 fully saturated rings. The van der Waals surface area contributed by atoms with E-state index in [0.717, 1.165) is 45.6 Å². The molecule has 2 aromatic heterocycles. The van der Waals surface area contributed by atoms with Crippen molar-refractivity contribution in [3.8, 4) is 0 Å². The number of aromatic amines is 1. The molecule has 4 heterocycles. The normalized spacial score (nSPS) is 23.5. The number of likely N-dealkylation sites (tertiary alicyclic amines) is 2. The summed E-state index contributed by atoms with van der Waals surface area (Å²) in [5.74, 6) is 1.09. The number of carbonyl (C=O) groups excluding carboxylic acids is 1.